The molecular formula is C12H14ClN5O2. The van der Waals surface area contributed by atoms with E-state index in [1.54, 1.807) is 12.4 Å². The van der Waals surface area contributed by atoms with Crippen molar-refractivity contribution in [3.63, 3.8) is 0 Å². The maximum absolute atomic E-state index is 5.87. The van der Waals surface area contributed by atoms with E-state index in [1.807, 2.05) is 6.92 Å². The molecule has 0 saturated carbocycles. The molecule has 0 radical (unpaired) electrons. The van der Waals surface area contributed by atoms with Crippen molar-refractivity contribution in [2.24, 2.45) is 0 Å². The largest absolute Gasteiger partial charge is 0.366 e. The molecule has 1 aliphatic heterocycles. The monoisotopic (exact) mass is 295 g/mol. The average molecular weight is 296 g/mol. The highest BCUT2D eigenvalue weighted by Gasteiger charge is 2.22. The first-order valence-electron chi connectivity index (χ1n) is 6.40. The van der Waals surface area contributed by atoms with E-state index in [9.17, 15) is 0 Å². The van der Waals surface area contributed by atoms with Crippen LogP contribution in [0.2, 0.25) is 5.28 Å². The Morgan fingerprint density at radius 1 is 1.45 bits per heavy atom. The molecule has 0 aromatic carbocycles. The predicted molar refractivity (Wildman–Crippen MR) is 71.1 cm³/mol. The van der Waals surface area contributed by atoms with Gasteiger partial charge in [-0.05, 0) is 31.5 Å². The quantitative estimate of drug-likeness (QED) is 0.858. The van der Waals surface area contributed by atoms with Crippen molar-refractivity contribution < 1.29 is 9.26 Å². The number of hydrogen-bond donors (Lipinski definition) is 1. The Morgan fingerprint density at radius 2 is 2.25 bits per heavy atom. The van der Waals surface area contributed by atoms with Crippen molar-refractivity contribution in [2.75, 3.05) is 13.1 Å². The van der Waals surface area contributed by atoms with Crippen LogP contribution < -0.4 is 5.32 Å². The van der Waals surface area contributed by atoms with Crippen LogP contribution in [0.25, 0.3) is 11.5 Å². The molecule has 1 fully saturated rings. The molecule has 7 nitrogen and oxygen atoms in total. The Bertz CT molecular complexity index is 567. The summed E-state index contributed by atoms with van der Waals surface area (Å²) < 4.78 is 11.1. The summed E-state index contributed by atoms with van der Waals surface area (Å²) in [6, 6.07) is 0. The summed E-state index contributed by atoms with van der Waals surface area (Å²) in [6.07, 6.45) is 4.06. The van der Waals surface area contributed by atoms with E-state index in [2.05, 4.69) is 25.4 Å². The molecule has 2 aromatic rings. The first-order chi connectivity index (χ1) is 9.72. The normalized spacial score (nSPS) is 20.2. The van der Waals surface area contributed by atoms with Crippen LogP contribution in [0.4, 0.5) is 0 Å². The van der Waals surface area contributed by atoms with Gasteiger partial charge in [0.2, 0.25) is 11.1 Å². The molecular weight excluding hydrogens is 282 g/mol. The van der Waals surface area contributed by atoms with E-state index in [0.29, 0.717) is 17.3 Å². The minimum atomic E-state index is -0.217. The SMILES string of the molecule is C[C@@H](OC1CCNC1)c1noc(-c2cnc(Cl)nc2)n1. The summed E-state index contributed by atoms with van der Waals surface area (Å²) in [5.74, 6) is 0.874. The van der Waals surface area contributed by atoms with Gasteiger partial charge >= 0.3 is 0 Å². The number of nitrogens with one attached hydrogen (secondary N) is 1. The standard InChI is InChI=1S/C12H14ClN5O2/c1-7(19-9-2-3-14-6-9)10-17-11(20-18-10)8-4-15-12(13)16-5-8/h4-5,7,9,14H,2-3,6H2,1H3/t7-,9?/m1/s1. The van der Waals surface area contributed by atoms with Gasteiger partial charge in [-0.2, -0.15) is 4.98 Å². The molecule has 1 saturated heterocycles. The Labute approximate surface area is 120 Å². The van der Waals surface area contributed by atoms with Gasteiger partial charge in [-0.25, -0.2) is 9.97 Å². The third kappa shape index (κ3) is 2.95. The van der Waals surface area contributed by atoms with Crippen LogP contribution in [0.3, 0.4) is 0 Å². The third-order valence-corrected chi connectivity index (χ3v) is 3.28. The lowest BCUT2D eigenvalue weighted by atomic mass is 10.3. The Morgan fingerprint density at radius 3 is 2.95 bits per heavy atom. The maximum Gasteiger partial charge on any atom is 0.261 e. The fourth-order valence-corrected chi connectivity index (χ4v) is 2.13. The summed E-state index contributed by atoms with van der Waals surface area (Å²) >= 11 is 5.64. The topological polar surface area (TPSA) is 86.0 Å². The number of nitrogens with zero attached hydrogens (tertiary/aromatic N) is 4. The molecule has 2 atom stereocenters. The smallest absolute Gasteiger partial charge is 0.261 e. The molecule has 3 heterocycles. The maximum atomic E-state index is 5.87. The fourth-order valence-electron chi connectivity index (χ4n) is 2.03. The minimum Gasteiger partial charge on any atom is -0.366 e. The highest BCUT2D eigenvalue weighted by Crippen LogP contribution is 2.22. The second kappa shape index (κ2) is 5.82. The first-order valence-corrected chi connectivity index (χ1v) is 6.78. The molecule has 3 rings (SSSR count). The molecule has 1 aliphatic rings. The van der Waals surface area contributed by atoms with Crippen LogP contribution in [0, 0.1) is 0 Å². The Balaban J connectivity index is 1.70. The molecule has 8 heteroatoms. The molecule has 0 bridgehead atoms. The summed E-state index contributed by atoms with van der Waals surface area (Å²) in [5, 5.41) is 7.36. The van der Waals surface area contributed by atoms with Crippen LogP contribution in [0.15, 0.2) is 16.9 Å². The third-order valence-electron chi connectivity index (χ3n) is 3.08. The molecule has 0 aliphatic carbocycles. The van der Waals surface area contributed by atoms with E-state index in [0.717, 1.165) is 19.5 Å². The van der Waals surface area contributed by atoms with Crippen LogP contribution in [-0.4, -0.2) is 39.3 Å². The molecule has 1 N–H and O–H groups in total. The average Bonchev–Trinajstić information content (AvgIpc) is 3.10. The van der Waals surface area contributed by atoms with Crippen molar-refractivity contribution in [2.45, 2.75) is 25.6 Å². The molecule has 0 amide bonds. The summed E-state index contributed by atoms with van der Waals surface area (Å²) in [4.78, 5) is 12.1. The van der Waals surface area contributed by atoms with Crippen molar-refractivity contribution in [1.29, 1.82) is 0 Å². The molecule has 0 spiro atoms. The zero-order valence-electron chi connectivity index (χ0n) is 10.9. The van der Waals surface area contributed by atoms with Crippen LogP contribution in [0.1, 0.15) is 25.3 Å². The van der Waals surface area contributed by atoms with Gasteiger partial charge in [-0.3, -0.25) is 0 Å². The minimum absolute atomic E-state index is 0.180. The Hall–Kier alpha value is -1.57. The van der Waals surface area contributed by atoms with Crippen LogP contribution in [0.5, 0.6) is 0 Å². The molecule has 20 heavy (non-hydrogen) atoms. The van der Waals surface area contributed by atoms with Gasteiger partial charge in [-0.1, -0.05) is 5.16 Å². The van der Waals surface area contributed by atoms with Crippen LogP contribution in [-0.2, 0) is 4.74 Å². The predicted octanol–water partition coefficient (Wildman–Crippen LogP) is 1.62. The second-order valence-corrected chi connectivity index (χ2v) is 4.93. The summed E-state index contributed by atoms with van der Waals surface area (Å²) in [7, 11) is 0. The van der Waals surface area contributed by atoms with Gasteiger partial charge in [0.15, 0.2) is 0 Å². The van der Waals surface area contributed by atoms with Gasteiger partial charge in [0, 0.05) is 18.9 Å². The van der Waals surface area contributed by atoms with Crippen LogP contribution >= 0.6 is 11.6 Å². The number of hydrogen-bond acceptors (Lipinski definition) is 7. The Kier molecular flexibility index (Phi) is 3.90. The van der Waals surface area contributed by atoms with E-state index >= 15 is 0 Å². The van der Waals surface area contributed by atoms with E-state index in [4.69, 9.17) is 20.9 Å². The lowest BCUT2D eigenvalue weighted by Gasteiger charge is -2.14. The number of halogens is 1. The molecule has 2 aromatic heterocycles. The molecule has 1 unspecified atom stereocenters. The van der Waals surface area contributed by atoms with Gasteiger partial charge in [0.25, 0.3) is 5.89 Å². The van der Waals surface area contributed by atoms with E-state index in [-0.39, 0.29) is 17.5 Å². The van der Waals surface area contributed by atoms with E-state index < -0.39 is 0 Å². The van der Waals surface area contributed by atoms with Crippen molar-refractivity contribution in [3.8, 4) is 11.5 Å². The lowest BCUT2D eigenvalue weighted by molar-refractivity contribution is 0.00252. The lowest BCUT2D eigenvalue weighted by Crippen LogP contribution is -2.19. The highest BCUT2D eigenvalue weighted by atomic mass is 35.5. The second-order valence-electron chi connectivity index (χ2n) is 4.59. The fraction of sp³-hybridized carbons (Fsp3) is 0.500. The number of rotatable bonds is 4. The number of ether oxygens (including phenoxy) is 1. The van der Waals surface area contributed by atoms with Gasteiger partial charge in [0.1, 0.15) is 6.10 Å². The zero-order chi connectivity index (χ0) is 13.9. The van der Waals surface area contributed by atoms with Gasteiger partial charge in [-0.15, -0.1) is 0 Å². The first kappa shape index (κ1) is 13.4. The van der Waals surface area contributed by atoms with Gasteiger partial charge in [0.05, 0.1) is 11.7 Å². The highest BCUT2D eigenvalue weighted by molar-refractivity contribution is 6.28. The van der Waals surface area contributed by atoms with Crippen molar-refractivity contribution >= 4 is 11.6 Å². The molecule has 106 valence electrons. The number of aromatic nitrogens is 4. The van der Waals surface area contributed by atoms with E-state index in [1.165, 1.54) is 0 Å². The summed E-state index contributed by atoms with van der Waals surface area (Å²) in [6.45, 7) is 3.75. The van der Waals surface area contributed by atoms with Crippen molar-refractivity contribution in [3.05, 3.63) is 23.5 Å². The summed E-state index contributed by atoms with van der Waals surface area (Å²) in [5.41, 5.74) is 0.628. The van der Waals surface area contributed by atoms with Gasteiger partial charge < -0.3 is 14.6 Å². The van der Waals surface area contributed by atoms with Crippen molar-refractivity contribution in [1.82, 2.24) is 25.4 Å². The zero-order valence-corrected chi connectivity index (χ0v) is 11.7.